The largest absolute Gasteiger partial charge is 0.478 e. The maximum absolute atomic E-state index is 13.2. The average molecular weight is 407 g/mol. The molecule has 0 unspecified atom stereocenters. The SMILES string of the molecule is O=C(O)c1ccccc1-c1ccc(CN(C(=O)c2ccccc2)c2ccccc2)cc1. The lowest BCUT2D eigenvalue weighted by molar-refractivity contribution is 0.0697. The van der Waals surface area contributed by atoms with Crippen LogP contribution in [0.5, 0.6) is 0 Å². The molecule has 0 radical (unpaired) electrons. The Morgan fingerprint density at radius 3 is 1.90 bits per heavy atom. The summed E-state index contributed by atoms with van der Waals surface area (Å²) in [6, 6.07) is 33.4. The quantitative estimate of drug-likeness (QED) is 0.433. The van der Waals surface area contributed by atoms with Crippen molar-refractivity contribution in [2.45, 2.75) is 6.54 Å². The van der Waals surface area contributed by atoms with Crippen LogP contribution in [0.4, 0.5) is 5.69 Å². The lowest BCUT2D eigenvalue weighted by atomic mass is 9.98. The minimum atomic E-state index is -0.955. The molecular formula is C27H21NO3. The third-order valence-electron chi connectivity index (χ3n) is 5.10. The summed E-state index contributed by atoms with van der Waals surface area (Å²) in [6.07, 6.45) is 0. The van der Waals surface area contributed by atoms with E-state index >= 15 is 0 Å². The summed E-state index contributed by atoms with van der Waals surface area (Å²) < 4.78 is 0. The highest BCUT2D eigenvalue weighted by atomic mass is 16.4. The number of aromatic carboxylic acids is 1. The van der Waals surface area contributed by atoms with Crippen molar-refractivity contribution in [3.63, 3.8) is 0 Å². The van der Waals surface area contributed by atoms with E-state index in [0.717, 1.165) is 16.8 Å². The molecule has 0 aliphatic carbocycles. The smallest absolute Gasteiger partial charge is 0.336 e. The van der Waals surface area contributed by atoms with Gasteiger partial charge in [0.1, 0.15) is 0 Å². The Morgan fingerprint density at radius 2 is 1.26 bits per heavy atom. The number of carboxylic acids is 1. The molecule has 0 aromatic heterocycles. The van der Waals surface area contributed by atoms with Crippen LogP contribution in [0.25, 0.3) is 11.1 Å². The van der Waals surface area contributed by atoms with Crippen LogP contribution in [0.15, 0.2) is 109 Å². The first kappa shape index (κ1) is 20.1. The molecule has 0 saturated heterocycles. The molecule has 152 valence electrons. The van der Waals surface area contributed by atoms with Crippen LogP contribution in [-0.4, -0.2) is 17.0 Å². The van der Waals surface area contributed by atoms with E-state index in [2.05, 4.69) is 0 Å². The van der Waals surface area contributed by atoms with Crippen molar-refractivity contribution in [3.8, 4) is 11.1 Å². The fourth-order valence-corrected chi connectivity index (χ4v) is 3.52. The fraction of sp³-hybridized carbons (Fsp3) is 0.0370. The molecule has 0 heterocycles. The third kappa shape index (κ3) is 4.54. The second-order valence-corrected chi connectivity index (χ2v) is 7.14. The normalized spacial score (nSPS) is 10.5. The molecule has 0 saturated carbocycles. The Labute approximate surface area is 181 Å². The fourth-order valence-electron chi connectivity index (χ4n) is 3.52. The second-order valence-electron chi connectivity index (χ2n) is 7.14. The van der Waals surface area contributed by atoms with E-state index in [0.29, 0.717) is 17.7 Å². The Hall–Kier alpha value is -4.18. The predicted molar refractivity (Wildman–Crippen MR) is 122 cm³/mol. The van der Waals surface area contributed by atoms with Gasteiger partial charge in [0.15, 0.2) is 0 Å². The van der Waals surface area contributed by atoms with E-state index < -0.39 is 5.97 Å². The molecule has 0 atom stereocenters. The van der Waals surface area contributed by atoms with Gasteiger partial charge in [-0.3, -0.25) is 4.79 Å². The number of rotatable bonds is 6. The topological polar surface area (TPSA) is 57.6 Å². The third-order valence-corrected chi connectivity index (χ3v) is 5.10. The molecule has 0 bridgehead atoms. The molecule has 4 aromatic carbocycles. The number of anilines is 1. The summed E-state index contributed by atoms with van der Waals surface area (Å²) in [5.74, 6) is -1.03. The number of carbonyl (C=O) groups excluding carboxylic acids is 1. The summed E-state index contributed by atoms with van der Waals surface area (Å²) in [5.41, 5.74) is 4.14. The maximum Gasteiger partial charge on any atom is 0.336 e. The molecule has 31 heavy (non-hydrogen) atoms. The molecule has 0 spiro atoms. The lowest BCUT2D eigenvalue weighted by Crippen LogP contribution is -2.30. The van der Waals surface area contributed by atoms with E-state index in [-0.39, 0.29) is 11.5 Å². The Bertz CT molecular complexity index is 1190. The van der Waals surface area contributed by atoms with Crippen LogP contribution in [0.3, 0.4) is 0 Å². The maximum atomic E-state index is 13.2. The monoisotopic (exact) mass is 407 g/mol. The lowest BCUT2D eigenvalue weighted by Gasteiger charge is -2.23. The first-order chi connectivity index (χ1) is 15.1. The van der Waals surface area contributed by atoms with Gasteiger partial charge in [0.2, 0.25) is 0 Å². The van der Waals surface area contributed by atoms with Crippen LogP contribution in [0.1, 0.15) is 26.3 Å². The van der Waals surface area contributed by atoms with Crippen LogP contribution in [0, 0.1) is 0 Å². The zero-order valence-electron chi connectivity index (χ0n) is 16.8. The molecule has 0 fully saturated rings. The molecule has 4 aromatic rings. The predicted octanol–water partition coefficient (Wildman–Crippen LogP) is 5.90. The average Bonchev–Trinajstić information content (AvgIpc) is 2.83. The molecule has 4 heteroatoms. The highest BCUT2D eigenvalue weighted by molar-refractivity contribution is 6.06. The number of amides is 1. The summed E-state index contributed by atoms with van der Waals surface area (Å²) in [7, 11) is 0. The Kier molecular flexibility index (Phi) is 5.90. The summed E-state index contributed by atoms with van der Waals surface area (Å²) >= 11 is 0. The van der Waals surface area contributed by atoms with E-state index in [9.17, 15) is 14.7 Å². The summed E-state index contributed by atoms with van der Waals surface area (Å²) in [5, 5.41) is 9.45. The van der Waals surface area contributed by atoms with Gasteiger partial charge in [0.05, 0.1) is 12.1 Å². The van der Waals surface area contributed by atoms with Gasteiger partial charge in [0.25, 0.3) is 5.91 Å². The van der Waals surface area contributed by atoms with Crippen molar-refractivity contribution < 1.29 is 14.7 Å². The van der Waals surface area contributed by atoms with Gasteiger partial charge in [-0.2, -0.15) is 0 Å². The van der Waals surface area contributed by atoms with Gasteiger partial charge >= 0.3 is 5.97 Å². The van der Waals surface area contributed by atoms with Crippen LogP contribution < -0.4 is 4.90 Å². The standard InChI is InChI=1S/C27H21NO3/c29-26(22-9-3-1-4-10-22)28(23-11-5-2-6-12-23)19-20-15-17-21(18-16-20)24-13-7-8-14-25(24)27(30)31/h1-18H,19H2,(H,30,31). The van der Waals surface area contributed by atoms with Gasteiger partial charge in [-0.25, -0.2) is 4.79 Å². The number of hydrogen-bond acceptors (Lipinski definition) is 2. The summed E-state index contributed by atoms with van der Waals surface area (Å²) in [4.78, 5) is 26.5. The zero-order chi connectivity index (χ0) is 21.6. The molecular weight excluding hydrogens is 386 g/mol. The van der Waals surface area contributed by atoms with Gasteiger partial charge in [-0.15, -0.1) is 0 Å². The van der Waals surface area contributed by atoms with Gasteiger partial charge in [-0.1, -0.05) is 78.9 Å². The number of benzene rings is 4. The second kappa shape index (κ2) is 9.09. The van der Waals surface area contributed by atoms with E-state index in [4.69, 9.17) is 0 Å². The van der Waals surface area contributed by atoms with Crippen molar-refractivity contribution in [2.24, 2.45) is 0 Å². The molecule has 4 nitrogen and oxygen atoms in total. The molecule has 0 aliphatic rings. The highest BCUT2D eigenvalue weighted by Crippen LogP contribution is 2.26. The van der Waals surface area contributed by atoms with Gasteiger partial charge in [0, 0.05) is 11.3 Å². The first-order valence-electron chi connectivity index (χ1n) is 9.97. The Balaban J connectivity index is 1.64. The molecule has 1 N–H and O–H groups in total. The van der Waals surface area contributed by atoms with E-state index in [1.165, 1.54) is 0 Å². The van der Waals surface area contributed by atoms with Crippen LogP contribution in [0.2, 0.25) is 0 Å². The number of hydrogen-bond donors (Lipinski definition) is 1. The minimum Gasteiger partial charge on any atom is -0.478 e. The number of carbonyl (C=O) groups is 2. The number of nitrogens with zero attached hydrogens (tertiary/aromatic N) is 1. The minimum absolute atomic E-state index is 0.0768. The van der Waals surface area contributed by atoms with Gasteiger partial charge in [-0.05, 0) is 47.0 Å². The van der Waals surface area contributed by atoms with Crippen LogP contribution >= 0.6 is 0 Å². The van der Waals surface area contributed by atoms with Crippen molar-refractivity contribution >= 4 is 17.6 Å². The Morgan fingerprint density at radius 1 is 0.677 bits per heavy atom. The number of carboxylic acid groups (broad SMARTS) is 1. The molecule has 1 amide bonds. The van der Waals surface area contributed by atoms with E-state index in [1.54, 1.807) is 23.1 Å². The highest BCUT2D eigenvalue weighted by Gasteiger charge is 2.18. The molecule has 4 rings (SSSR count). The first-order valence-corrected chi connectivity index (χ1v) is 9.97. The van der Waals surface area contributed by atoms with E-state index in [1.807, 2.05) is 91.0 Å². The van der Waals surface area contributed by atoms with Crippen molar-refractivity contribution in [2.75, 3.05) is 4.90 Å². The van der Waals surface area contributed by atoms with Gasteiger partial charge < -0.3 is 10.0 Å². The summed E-state index contributed by atoms with van der Waals surface area (Å²) in [6.45, 7) is 0.401. The zero-order valence-corrected chi connectivity index (χ0v) is 16.8. The van der Waals surface area contributed by atoms with Crippen molar-refractivity contribution in [1.82, 2.24) is 0 Å². The van der Waals surface area contributed by atoms with Crippen molar-refractivity contribution in [1.29, 1.82) is 0 Å². The number of para-hydroxylation sites is 1. The van der Waals surface area contributed by atoms with Crippen molar-refractivity contribution in [3.05, 3.63) is 126 Å². The molecule has 0 aliphatic heterocycles. The van der Waals surface area contributed by atoms with Crippen LogP contribution in [-0.2, 0) is 6.54 Å².